The third-order valence-corrected chi connectivity index (χ3v) is 4.97. The third kappa shape index (κ3) is 5.57. The molecule has 164 valence electrons. The molecule has 0 aromatic heterocycles. The second-order valence-electron chi connectivity index (χ2n) is 7.29. The van der Waals surface area contributed by atoms with Gasteiger partial charge >= 0.3 is 0 Å². The molecule has 0 atom stereocenters. The molecular weight excluding hydrogens is 416 g/mol. The van der Waals surface area contributed by atoms with Crippen molar-refractivity contribution >= 4 is 12.1 Å². The lowest BCUT2D eigenvalue weighted by molar-refractivity contribution is 0.0955. The van der Waals surface area contributed by atoms with Crippen molar-refractivity contribution in [2.24, 2.45) is 5.10 Å². The van der Waals surface area contributed by atoms with E-state index >= 15 is 0 Å². The molecule has 0 spiro atoms. The van der Waals surface area contributed by atoms with E-state index in [1.807, 2.05) is 66.7 Å². The number of phenolic OH excluding ortho intramolecular Hbond substituents is 2. The van der Waals surface area contributed by atoms with Crippen LogP contribution in [0.3, 0.4) is 0 Å². The monoisotopic (exact) mass is 438 g/mol. The van der Waals surface area contributed by atoms with Gasteiger partial charge in [0.2, 0.25) is 0 Å². The Hall–Kier alpha value is -4.58. The lowest BCUT2D eigenvalue weighted by Crippen LogP contribution is -2.17. The minimum atomic E-state index is -0.383. The highest BCUT2D eigenvalue weighted by molar-refractivity contribution is 5.95. The summed E-state index contributed by atoms with van der Waals surface area (Å²) in [6.45, 7) is 0.365. The maximum absolute atomic E-state index is 12.3. The summed E-state index contributed by atoms with van der Waals surface area (Å²) < 4.78 is 6.05. The summed E-state index contributed by atoms with van der Waals surface area (Å²) >= 11 is 0. The summed E-state index contributed by atoms with van der Waals surface area (Å²) in [5.74, 6) is 0.219. The SMILES string of the molecule is O=C(N/N=C/c1ccc(O)cc1O)c1ccc(COc2ccccc2-c2ccccc2)cc1. The van der Waals surface area contributed by atoms with Crippen molar-refractivity contribution in [1.29, 1.82) is 0 Å². The minimum Gasteiger partial charge on any atom is -0.508 e. The van der Waals surface area contributed by atoms with Gasteiger partial charge in [0.25, 0.3) is 5.91 Å². The fourth-order valence-electron chi connectivity index (χ4n) is 3.23. The number of ether oxygens (including phenoxy) is 1. The number of carbonyl (C=O) groups excluding carboxylic acids is 1. The second kappa shape index (κ2) is 10.2. The van der Waals surface area contributed by atoms with Crippen molar-refractivity contribution in [2.75, 3.05) is 0 Å². The maximum atomic E-state index is 12.3. The maximum Gasteiger partial charge on any atom is 0.271 e. The molecule has 6 heteroatoms. The number of rotatable bonds is 7. The van der Waals surface area contributed by atoms with Crippen LogP contribution in [-0.4, -0.2) is 22.3 Å². The molecule has 0 saturated heterocycles. The number of para-hydroxylation sites is 1. The van der Waals surface area contributed by atoms with Crippen LogP contribution in [0, 0.1) is 0 Å². The largest absolute Gasteiger partial charge is 0.508 e. The van der Waals surface area contributed by atoms with Gasteiger partial charge in [-0.2, -0.15) is 5.10 Å². The van der Waals surface area contributed by atoms with Gasteiger partial charge < -0.3 is 14.9 Å². The van der Waals surface area contributed by atoms with Gasteiger partial charge in [-0.25, -0.2) is 5.43 Å². The molecule has 0 unspecified atom stereocenters. The smallest absolute Gasteiger partial charge is 0.271 e. The van der Waals surface area contributed by atoms with Crippen molar-refractivity contribution in [3.63, 3.8) is 0 Å². The van der Waals surface area contributed by atoms with Crippen LogP contribution in [0.4, 0.5) is 0 Å². The summed E-state index contributed by atoms with van der Waals surface area (Å²) in [5, 5.41) is 22.9. The highest BCUT2D eigenvalue weighted by Gasteiger charge is 2.08. The summed E-state index contributed by atoms with van der Waals surface area (Å²) in [6, 6.07) is 29.1. The number of hydrogen-bond acceptors (Lipinski definition) is 5. The number of phenols is 2. The quantitative estimate of drug-likeness (QED) is 0.276. The number of aromatic hydroxyl groups is 2. The normalized spacial score (nSPS) is 10.8. The first-order valence-corrected chi connectivity index (χ1v) is 10.3. The topological polar surface area (TPSA) is 91.2 Å². The van der Waals surface area contributed by atoms with E-state index in [1.165, 1.54) is 24.4 Å². The van der Waals surface area contributed by atoms with Gasteiger partial charge in [0.15, 0.2) is 0 Å². The van der Waals surface area contributed by atoms with Crippen LogP contribution in [-0.2, 0) is 6.61 Å². The number of benzene rings is 4. The fraction of sp³-hybridized carbons (Fsp3) is 0.0370. The van der Waals surface area contributed by atoms with E-state index in [9.17, 15) is 15.0 Å². The highest BCUT2D eigenvalue weighted by atomic mass is 16.5. The van der Waals surface area contributed by atoms with Crippen LogP contribution in [0.2, 0.25) is 0 Å². The molecule has 0 fully saturated rings. The molecule has 33 heavy (non-hydrogen) atoms. The standard InChI is InChI=1S/C27H22N2O4/c30-23-15-14-22(25(31)16-23)17-28-29-27(32)21-12-10-19(11-13-21)18-33-26-9-5-4-8-24(26)20-6-2-1-3-7-20/h1-17,30-31H,18H2,(H,29,32)/b28-17+. The van der Waals surface area contributed by atoms with Crippen LogP contribution in [0.25, 0.3) is 11.1 Å². The Morgan fingerprint density at radius 1 is 0.879 bits per heavy atom. The Kier molecular flexibility index (Phi) is 6.66. The van der Waals surface area contributed by atoms with E-state index in [2.05, 4.69) is 10.5 Å². The van der Waals surface area contributed by atoms with Crippen molar-refractivity contribution < 1.29 is 19.7 Å². The summed E-state index contributed by atoms with van der Waals surface area (Å²) in [5.41, 5.74) is 6.26. The predicted molar refractivity (Wildman–Crippen MR) is 127 cm³/mol. The summed E-state index contributed by atoms with van der Waals surface area (Å²) in [4.78, 5) is 12.3. The molecule has 4 aromatic carbocycles. The average molecular weight is 438 g/mol. The Morgan fingerprint density at radius 3 is 2.36 bits per heavy atom. The van der Waals surface area contributed by atoms with Gasteiger partial charge in [-0.3, -0.25) is 4.79 Å². The number of carbonyl (C=O) groups is 1. The fourth-order valence-corrected chi connectivity index (χ4v) is 3.23. The second-order valence-corrected chi connectivity index (χ2v) is 7.29. The minimum absolute atomic E-state index is 0.0543. The van der Waals surface area contributed by atoms with Crippen molar-refractivity contribution in [2.45, 2.75) is 6.61 Å². The van der Waals surface area contributed by atoms with Crippen LogP contribution in [0.1, 0.15) is 21.5 Å². The van der Waals surface area contributed by atoms with Crippen LogP contribution < -0.4 is 10.2 Å². The number of nitrogens with zero attached hydrogens (tertiary/aromatic N) is 1. The van der Waals surface area contributed by atoms with Gasteiger partial charge in [-0.05, 0) is 41.5 Å². The predicted octanol–water partition coefficient (Wildman–Crippen LogP) is 5.11. The van der Waals surface area contributed by atoms with Crippen LogP contribution in [0.5, 0.6) is 17.2 Å². The van der Waals surface area contributed by atoms with Gasteiger partial charge in [0.1, 0.15) is 23.9 Å². The van der Waals surface area contributed by atoms with E-state index in [0.29, 0.717) is 17.7 Å². The summed E-state index contributed by atoms with van der Waals surface area (Å²) in [7, 11) is 0. The molecule has 0 saturated carbocycles. The Balaban J connectivity index is 1.36. The molecule has 0 aliphatic rings. The average Bonchev–Trinajstić information content (AvgIpc) is 2.85. The van der Waals surface area contributed by atoms with E-state index in [1.54, 1.807) is 12.1 Å². The Morgan fingerprint density at radius 2 is 1.61 bits per heavy atom. The Labute approximate surface area is 191 Å². The van der Waals surface area contributed by atoms with Gasteiger partial charge in [0.05, 0.1) is 6.21 Å². The first-order chi connectivity index (χ1) is 16.1. The zero-order chi connectivity index (χ0) is 23.0. The molecule has 6 nitrogen and oxygen atoms in total. The van der Waals surface area contributed by atoms with Crippen molar-refractivity contribution in [3.05, 3.63) is 114 Å². The van der Waals surface area contributed by atoms with E-state index in [-0.39, 0.29) is 17.4 Å². The lowest BCUT2D eigenvalue weighted by Gasteiger charge is -2.12. The van der Waals surface area contributed by atoms with E-state index in [0.717, 1.165) is 22.4 Å². The summed E-state index contributed by atoms with van der Waals surface area (Å²) in [6.07, 6.45) is 1.30. The first-order valence-electron chi connectivity index (χ1n) is 10.3. The molecule has 4 rings (SSSR count). The van der Waals surface area contributed by atoms with E-state index < -0.39 is 0 Å². The Bertz CT molecular complexity index is 1270. The molecule has 0 heterocycles. The van der Waals surface area contributed by atoms with Gasteiger partial charge in [0, 0.05) is 22.8 Å². The number of hydrogen-bond donors (Lipinski definition) is 3. The van der Waals surface area contributed by atoms with Crippen LogP contribution in [0.15, 0.2) is 102 Å². The zero-order valence-corrected chi connectivity index (χ0v) is 17.7. The molecular formula is C27H22N2O4. The molecule has 0 radical (unpaired) electrons. The molecule has 1 amide bonds. The number of amides is 1. The number of hydrazone groups is 1. The molecule has 4 aromatic rings. The first kappa shape index (κ1) is 21.6. The van der Waals surface area contributed by atoms with Gasteiger partial charge in [-0.15, -0.1) is 0 Å². The van der Waals surface area contributed by atoms with Crippen molar-refractivity contribution in [3.8, 4) is 28.4 Å². The molecule has 3 N–H and O–H groups in total. The third-order valence-electron chi connectivity index (χ3n) is 4.97. The van der Waals surface area contributed by atoms with Crippen LogP contribution >= 0.6 is 0 Å². The highest BCUT2D eigenvalue weighted by Crippen LogP contribution is 2.30. The lowest BCUT2D eigenvalue weighted by atomic mass is 10.0. The van der Waals surface area contributed by atoms with E-state index in [4.69, 9.17) is 4.74 Å². The number of nitrogens with one attached hydrogen (secondary N) is 1. The molecule has 0 aliphatic heterocycles. The molecule has 0 aliphatic carbocycles. The molecule has 0 bridgehead atoms. The van der Waals surface area contributed by atoms with Gasteiger partial charge in [-0.1, -0.05) is 60.7 Å². The zero-order valence-electron chi connectivity index (χ0n) is 17.7. The van der Waals surface area contributed by atoms with Crippen molar-refractivity contribution in [1.82, 2.24) is 5.43 Å².